The van der Waals surface area contributed by atoms with E-state index in [-0.39, 0.29) is 5.76 Å². The van der Waals surface area contributed by atoms with Gasteiger partial charge in [-0.2, -0.15) is 0 Å². The quantitative estimate of drug-likeness (QED) is 0.764. The van der Waals surface area contributed by atoms with Crippen molar-refractivity contribution in [1.82, 2.24) is 4.98 Å². The maximum Gasteiger partial charge on any atom is 0.376 e. The number of carbonyl (C=O) groups excluding carboxylic acids is 1. The first-order chi connectivity index (χ1) is 10.1. The van der Waals surface area contributed by atoms with Gasteiger partial charge >= 0.3 is 5.97 Å². The first kappa shape index (κ1) is 14.3. The van der Waals surface area contributed by atoms with Gasteiger partial charge in [0.05, 0.1) is 12.3 Å². The van der Waals surface area contributed by atoms with Gasteiger partial charge in [-0.3, -0.25) is 0 Å². The monoisotopic (exact) mass is 349 g/mol. The predicted molar refractivity (Wildman–Crippen MR) is 82.3 cm³/mol. The van der Waals surface area contributed by atoms with Gasteiger partial charge in [-0.25, -0.2) is 9.78 Å². The van der Waals surface area contributed by atoms with Crippen molar-refractivity contribution in [3.05, 3.63) is 39.7 Å². The highest BCUT2D eigenvalue weighted by molar-refractivity contribution is 9.10. The predicted octanol–water partition coefficient (Wildman–Crippen LogP) is 4.47. The molecule has 0 unspecified atom stereocenters. The van der Waals surface area contributed by atoms with Gasteiger partial charge in [0.2, 0.25) is 11.7 Å². The number of hydrogen-bond donors (Lipinski definition) is 0. The van der Waals surface area contributed by atoms with Crippen LogP contribution in [0.5, 0.6) is 0 Å². The molecule has 21 heavy (non-hydrogen) atoms. The third-order valence-electron chi connectivity index (χ3n) is 3.51. The van der Waals surface area contributed by atoms with E-state index in [1.807, 2.05) is 25.1 Å². The van der Waals surface area contributed by atoms with Crippen molar-refractivity contribution < 1.29 is 13.9 Å². The number of carbonyl (C=O) groups is 1. The molecule has 0 radical (unpaired) electrons. The Morgan fingerprint density at radius 3 is 2.90 bits per heavy atom. The number of aryl methyl sites for hydroxylation is 1. The van der Waals surface area contributed by atoms with Crippen LogP contribution in [-0.4, -0.2) is 17.6 Å². The van der Waals surface area contributed by atoms with Crippen molar-refractivity contribution in [3.63, 3.8) is 0 Å². The highest BCUT2D eigenvalue weighted by atomic mass is 79.9. The summed E-state index contributed by atoms with van der Waals surface area (Å²) in [6, 6.07) is 5.91. The second kappa shape index (κ2) is 5.64. The second-order valence-corrected chi connectivity index (χ2v) is 6.10. The van der Waals surface area contributed by atoms with Crippen LogP contribution >= 0.6 is 15.9 Å². The molecule has 1 aromatic carbocycles. The molecule has 1 aromatic heterocycles. The van der Waals surface area contributed by atoms with Crippen LogP contribution in [0.25, 0.3) is 11.5 Å². The van der Waals surface area contributed by atoms with E-state index >= 15 is 0 Å². The number of benzene rings is 1. The molecule has 4 nitrogen and oxygen atoms in total. The maximum absolute atomic E-state index is 12.0. The fourth-order valence-corrected chi connectivity index (χ4v) is 2.61. The first-order valence-electron chi connectivity index (χ1n) is 7.04. The normalized spacial score (nSPS) is 14.2. The zero-order chi connectivity index (χ0) is 15.0. The van der Waals surface area contributed by atoms with Crippen LogP contribution in [0.2, 0.25) is 0 Å². The molecule has 0 N–H and O–H groups in total. The number of halogens is 1. The van der Waals surface area contributed by atoms with Crippen LogP contribution in [0, 0.1) is 6.92 Å². The van der Waals surface area contributed by atoms with Crippen molar-refractivity contribution in [2.75, 3.05) is 6.61 Å². The van der Waals surface area contributed by atoms with E-state index in [4.69, 9.17) is 9.15 Å². The van der Waals surface area contributed by atoms with Crippen molar-refractivity contribution in [1.29, 1.82) is 0 Å². The highest BCUT2D eigenvalue weighted by Gasteiger charge is 2.34. The Morgan fingerprint density at radius 2 is 2.24 bits per heavy atom. The van der Waals surface area contributed by atoms with Gasteiger partial charge in [-0.15, -0.1) is 0 Å². The number of ether oxygens (including phenoxy) is 1. The van der Waals surface area contributed by atoms with E-state index in [9.17, 15) is 4.79 Å². The standard InChI is InChI=1S/C16H16BrNO3/c1-3-20-16(19)14-13(10-5-6-10)18-15(21-14)12-8-11(17)7-4-9(12)2/h4,7-8,10H,3,5-6H2,1-2H3. The average Bonchev–Trinajstić information content (AvgIpc) is 3.21. The van der Waals surface area contributed by atoms with Gasteiger partial charge in [0.1, 0.15) is 0 Å². The zero-order valence-electron chi connectivity index (χ0n) is 12.0. The number of esters is 1. The molecular weight excluding hydrogens is 334 g/mol. The lowest BCUT2D eigenvalue weighted by Gasteiger charge is -2.01. The molecule has 0 bridgehead atoms. The number of aromatic nitrogens is 1. The van der Waals surface area contributed by atoms with Gasteiger partial charge in [0.25, 0.3) is 0 Å². The Hall–Kier alpha value is -1.62. The number of nitrogens with zero attached hydrogens (tertiary/aromatic N) is 1. The van der Waals surface area contributed by atoms with E-state index in [0.29, 0.717) is 18.4 Å². The van der Waals surface area contributed by atoms with Gasteiger partial charge < -0.3 is 9.15 Å². The Bertz CT molecular complexity index is 689. The molecule has 1 aliphatic rings. The maximum atomic E-state index is 12.0. The van der Waals surface area contributed by atoms with E-state index in [1.54, 1.807) is 6.92 Å². The molecule has 0 saturated heterocycles. The van der Waals surface area contributed by atoms with E-state index < -0.39 is 5.97 Å². The van der Waals surface area contributed by atoms with Crippen molar-refractivity contribution >= 4 is 21.9 Å². The van der Waals surface area contributed by atoms with Crippen LogP contribution in [0.1, 0.15) is 47.5 Å². The number of oxazole rings is 1. The van der Waals surface area contributed by atoms with E-state index in [1.165, 1.54) is 0 Å². The van der Waals surface area contributed by atoms with Gasteiger partial charge in [-0.05, 0) is 44.4 Å². The molecule has 1 heterocycles. The topological polar surface area (TPSA) is 52.3 Å². The second-order valence-electron chi connectivity index (χ2n) is 5.19. The summed E-state index contributed by atoms with van der Waals surface area (Å²) < 4.78 is 11.8. The third-order valence-corrected chi connectivity index (χ3v) is 4.00. The molecule has 0 spiro atoms. The van der Waals surface area contributed by atoms with Gasteiger partial charge in [0, 0.05) is 16.0 Å². The molecule has 1 saturated carbocycles. The van der Waals surface area contributed by atoms with Crippen LogP contribution < -0.4 is 0 Å². The lowest BCUT2D eigenvalue weighted by Crippen LogP contribution is -2.05. The number of hydrogen-bond acceptors (Lipinski definition) is 4. The molecule has 110 valence electrons. The first-order valence-corrected chi connectivity index (χ1v) is 7.83. The summed E-state index contributed by atoms with van der Waals surface area (Å²) in [6.45, 7) is 4.10. The van der Waals surface area contributed by atoms with Crippen LogP contribution in [-0.2, 0) is 4.74 Å². The summed E-state index contributed by atoms with van der Waals surface area (Å²) in [5, 5.41) is 0. The summed E-state index contributed by atoms with van der Waals surface area (Å²) in [5.41, 5.74) is 2.68. The highest BCUT2D eigenvalue weighted by Crippen LogP contribution is 2.43. The summed E-state index contributed by atoms with van der Waals surface area (Å²) in [4.78, 5) is 16.6. The SMILES string of the molecule is CCOC(=O)c1oc(-c2cc(Br)ccc2C)nc1C1CC1. The Morgan fingerprint density at radius 1 is 1.48 bits per heavy atom. The fraction of sp³-hybridized carbons (Fsp3) is 0.375. The molecule has 0 amide bonds. The molecule has 1 aliphatic carbocycles. The van der Waals surface area contributed by atoms with Gasteiger partial charge in [0.15, 0.2) is 0 Å². The molecule has 0 atom stereocenters. The minimum Gasteiger partial charge on any atom is -0.460 e. The zero-order valence-corrected chi connectivity index (χ0v) is 13.6. The summed E-state index contributed by atoms with van der Waals surface area (Å²) in [7, 11) is 0. The molecule has 0 aliphatic heterocycles. The Balaban J connectivity index is 2.05. The molecular formula is C16H16BrNO3. The van der Waals surface area contributed by atoms with Crippen molar-refractivity contribution in [2.45, 2.75) is 32.6 Å². The van der Waals surface area contributed by atoms with Crippen LogP contribution in [0.4, 0.5) is 0 Å². The smallest absolute Gasteiger partial charge is 0.376 e. The Kier molecular flexibility index (Phi) is 3.85. The van der Waals surface area contributed by atoms with Gasteiger partial charge in [-0.1, -0.05) is 22.0 Å². The van der Waals surface area contributed by atoms with E-state index in [2.05, 4.69) is 20.9 Å². The molecule has 3 rings (SSSR count). The summed E-state index contributed by atoms with van der Waals surface area (Å²) >= 11 is 3.45. The minimum absolute atomic E-state index is 0.258. The van der Waals surface area contributed by atoms with Crippen molar-refractivity contribution in [3.8, 4) is 11.5 Å². The lowest BCUT2D eigenvalue weighted by atomic mass is 10.1. The van der Waals surface area contributed by atoms with E-state index in [0.717, 1.165) is 34.1 Å². The molecule has 1 fully saturated rings. The molecule has 2 aromatic rings. The largest absolute Gasteiger partial charge is 0.460 e. The van der Waals surface area contributed by atoms with Crippen LogP contribution in [0.3, 0.4) is 0 Å². The summed E-state index contributed by atoms with van der Waals surface area (Å²) in [5.74, 6) is 0.646. The average molecular weight is 350 g/mol. The fourth-order valence-electron chi connectivity index (χ4n) is 2.25. The number of rotatable bonds is 4. The minimum atomic E-state index is -0.425. The third kappa shape index (κ3) is 2.88. The van der Waals surface area contributed by atoms with Crippen molar-refractivity contribution in [2.24, 2.45) is 0 Å². The lowest BCUT2D eigenvalue weighted by molar-refractivity contribution is 0.0489. The Labute approximate surface area is 131 Å². The molecule has 5 heteroatoms. The summed E-state index contributed by atoms with van der Waals surface area (Å²) in [6.07, 6.45) is 2.10. The van der Waals surface area contributed by atoms with Crippen LogP contribution in [0.15, 0.2) is 27.1 Å².